The zero-order valence-electron chi connectivity index (χ0n) is 10.6. The molecule has 1 aliphatic rings. The summed E-state index contributed by atoms with van der Waals surface area (Å²) in [6.45, 7) is 2.14. The predicted molar refractivity (Wildman–Crippen MR) is 78.2 cm³/mol. The maximum atomic E-state index is 3.53. The minimum atomic E-state index is 0.662. The van der Waals surface area contributed by atoms with Gasteiger partial charge in [0, 0.05) is 6.54 Å². The Morgan fingerprint density at radius 3 is 2.67 bits per heavy atom. The Balaban J connectivity index is 1.71. The molecule has 1 aliphatic heterocycles. The van der Waals surface area contributed by atoms with E-state index in [9.17, 15) is 0 Å². The fraction of sp³-hybridized carbons (Fsp3) is 0.250. The molecule has 0 amide bonds. The van der Waals surface area contributed by atoms with E-state index in [-0.39, 0.29) is 0 Å². The molecule has 1 nitrogen and oxygen atoms in total. The van der Waals surface area contributed by atoms with E-state index < -0.39 is 0 Å². The van der Waals surface area contributed by atoms with Crippen molar-refractivity contribution >= 4 is 7.28 Å². The van der Waals surface area contributed by atoms with Gasteiger partial charge in [0.15, 0.2) is 0 Å². The standard InChI is InChI=1S/C16H18BN/c1-2-6-13(7-3-1)10-17-16-12-18-11-14-8-4-5-9-15(14)16/h1-9,16-18H,10-12H2. The van der Waals surface area contributed by atoms with E-state index in [0.717, 1.165) is 13.1 Å². The summed E-state index contributed by atoms with van der Waals surface area (Å²) < 4.78 is 0. The number of nitrogens with one attached hydrogen (secondary N) is 1. The smallest absolute Gasteiger partial charge is 0.136 e. The van der Waals surface area contributed by atoms with Crippen LogP contribution in [0.25, 0.3) is 0 Å². The van der Waals surface area contributed by atoms with E-state index in [2.05, 4.69) is 59.9 Å². The Hall–Kier alpha value is -1.54. The summed E-state index contributed by atoms with van der Waals surface area (Å²) in [6.07, 6.45) is 1.17. The molecule has 2 aromatic carbocycles. The summed E-state index contributed by atoms with van der Waals surface area (Å²) in [7, 11) is 1.23. The van der Waals surface area contributed by atoms with Crippen LogP contribution in [0.1, 0.15) is 22.5 Å². The summed E-state index contributed by atoms with van der Waals surface area (Å²) in [5.74, 6) is 0.662. The number of benzene rings is 2. The van der Waals surface area contributed by atoms with E-state index >= 15 is 0 Å². The zero-order valence-corrected chi connectivity index (χ0v) is 10.6. The lowest BCUT2D eigenvalue weighted by atomic mass is 9.56. The Labute approximate surface area is 109 Å². The summed E-state index contributed by atoms with van der Waals surface area (Å²) in [5, 5.41) is 3.53. The van der Waals surface area contributed by atoms with Crippen LogP contribution in [0, 0.1) is 0 Å². The van der Waals surface area contributed by atoms with Gasteiger partial charge in [0.1, 0.15) is 7.28 Å². The molecule has 2 heteroatoms. The van der Waals surface area contributed by atoms with Gasteiger partial charge >= 0.3 is 0 Å². The molecule has 0 radical (unpaired) electrons. The van der Waals surface area contributed by atoms with Gasteiger partial charge in [-0.15, -0.1) is 0 Å². The molecular weight excluding hydrogens is 217 g/mol. The minimum Gasteiger partial charge on any atom is -0.313 e. The highest BCUT2D eigenvalue weighted by atomic mass is 14.9. The number of fused-ring (bicyclic) bond motifs is 1. The minimum absolute atomic E-state index is 0.662. The van der Waals surface area contributed by atoms with E-state index in [1.807, 2.05) is 0 Å². The summed E-state index contributed by atoms with van der Waals surface area (Å²) >= 11 is 0. The van der Waals surface area contributed by atoms with E-state index in [1.54, 1.807) is 5.56 Å². The molecule has 0 saturated heterocycles. The molecule has 1 unspecified atom stereocenters. The lowest BCUT2D eigenvalue weighted by molar-refractivity contribution is 0.625. The van der Waals surface area contributed by atoms with Gasteiger partial charge in [0.05, 0.1) is 0 Å². The zero-order chi connectivity index (χ0) is 12.2. The third kappa shape index (κ3) is 2.49. The lowest BCUT2D eigenvalue weighted by Crippen LogP contribution is -2.31. The first kappa shape index (κ1) is 11.5. The van der Waals surface area contributed by atoms with E-state index in [4.69, 9.17) is 0 Å². The molecule has 0 bridgehead atoms. The van der Waals surface area contributed by atoms with Gasteiger partial charge in [-0.1, -0.05) is 66.5 Å². The van der Waals surface area contributed by atoms with Crippen molar-refractivity contribution in [1.29, 1.82) is 0 Å². The Morgan fingerprint density at radius 2 is 1.78 bits per heavy atom. The van der Waals surface area contributed by atoms with Crippen LogP contribution in [-0.2, 0) is 12.9 Å². The average Bonchev–Trinajstić information content (AvgIpc) is 2.46. The van der Waals surface area contributed by atoms with Crippen LogP contribution in [0.15, 0.2) is 54.6 Å². The third-order valence-corrected chi connectivity index (χ3v) is 3.83. The first-order valence-corrected chi connectivity index (χ1v) is 6.76. The molecule has 1 N–H and O–H groups in total. The highest BCUT2D eigenvalue weighted by Gasteiger charge is 2.19. The first-order chi connectivity index (χ1) is 8.93. The average molecular weight is 235 g/mol. The number of hydrogen-bond donors (Lipinski definition) is 1. The molecule has 1 heterocycles. The molecule has 3 rings (SSSR count). The molecule has 0 aromatic heterocycles. The molecule has 0 aliphatic carbocycles. The van der Waals surface area contributed by atoms with Gasteiger partial charge in [-0.2, -0.15) is 0 Å². The highest BCUT2D eigenvalue weighted by Crippen LogP contribution is 2.23. The predicted octanol–water partition coefficient (Wildman–Crippen LogP) is 2.47. The molecule has 2 aromatic rings. The second-order valence-corrected chi connectivity index (χ2v) is 5.05. The van der Waals surface area contributed by atoms with Crippen molar-refractivity contribution in [1.82, 2.24) is 5.32 Å². The van der Waals surface area contributed by atoms with Crippen LogP contribution >= 0.6 is 0 Å². The van der Waals surface area contributed by atoms with Crippen LogP contribution in [0.4, 0.5) is 0 Å². The van der Waals surface area contributed by atoms with Crippen molar-refractivity contribution in [3.63, 3.8) is 0 Å². The molecule has 0 saturated carbocycles. The van der Waals surface area contributed by atoms with Crippen molar-refractivity contribution in [2.75, 3.05) is 6.54 Å². The first-order valence-electron chi connectivity index (χ1n) is 6.76. The summed E-state index contributed by atoms with van der Waals surface area (Å²) in [6, 6.07) is 19.6. The summed E-state index contributed by atoms with van der Waals surface area (Å²) in [5.41, 5.74) is 4.47. The highest BCUT2D eigenvalue weighted by molar-refractivity contribution is 6.37. The van der Waals surface area contributed by atoms with Crippen LogP contribution < -0.4 is 5.32 Å². The number of hydrogen-bond acceptors (Lipinski definition) is 1. The van der Waals surface area contributed by atoms with Gasteiger partial charge in [-0.25, -0.2) is 0 Å². The molecule has 0 fully saturated rings. The van der Waals surface area contributed by atoms with Crippen molar-refractivity contribution in [2.24, 2.45) is 0 Å². The fourth-order valence-electron chi connectivity index (χ4n) is 2.83. The third-order valence-electron chi connectivity index (χ3n) is 3.83. The van der Waals surface area contributed by atoms with Crippen LogP contribution in [0.3, 0.4) is 0 Å². The monoisotopic (exact) mass is 235 g/mol. The molecular formula is C16H18BN. The van der Waals surface area contributed by atoms with E-state index in [0.29, 0.717) is 5.82 Å². The van der Waals surface area contributed by atoms with Crippen LogP contribution in [-0.4, -0.2) is 13.8 Å². The maximum Gasteiger partial charge on any atom is 0.136 e. The van der Waals surface area contributed by atoms with Crippen molar-refractivity contribution < 1.29 is 0 Å². The molecule has 90 valence electrons. The second-order valence-electron chi connectivity index (χ2n) is 5.05. The fourth-order valence-corrected chi connectivity index (χ4v) is 2.83. The van der Waals surface area contributed by atoms with Crippen molar-refractivity contribution in [2.45, 2.75) is 18.7 Å². The second kappa shape index (κ2) is 5.41. The van der Waals surface area contributed by atoms with E-state index in [1.165, 1.54) is 24.7 Å². The molecule has 1 atom stereocenters. The quantitative estimate of drug-likeness (QED) is 0.806. The van der Waals surface area contributed by atoms with Gasteiger partial charge in [-0.05, 0) is 23.5 Å². The Bertz CT molecular complexity index is 510. The van der Waals surface area contributed by atoms with Gasteiger partial charge in [-0.3, -0.25) is 0 Å². The van der Waals surface area contributed by atoms with Gasteiger partial charge < -0.3 is 5.32 Å². The Morgan fingerprint density at radius 1 is 1.00 bits per heavy atom. The Kier molecular flexibility index (Phi) is 3.47. The van der Waals surface area contributed by atoms with Gasteiger partial charge in [0.25, 0.3) is 0 Å². The number of rotatable bonds is 3. The van der Waals surface area contributed by atoms with Crippen LogP contribution in [0.5, 0.6) is 0 Å². The maximum absolute atomic E-state index is 3.53. The lowest BCUT2D eigenvalue weighted by Gasteiger charge is -2.25. The van der Waals surface area contributed by atoms with Crippen molar-refractivity contribution in [3.05, 3.63) is 71.3 Å². The topological polar surface area (TPSA) is 12.0 Å². The van der Waals surface area contributed by atoms with Crippen LogP contribution in [0.2, 0.25) is 0 Å². The van der Waals surface area contributed by atoms with Gasteiger partial charge in [0.2, 0.25) is 0 Å². The summed E-state index contributed by atoms with van der Waals surface area (Å²) in [4.78, 5) is 0. The largest absolute Gasteiger partial charge is 0.313 e. The van der Waals surface area contributed by atoms with Crippen molar-refractivity contribution in [3.8, 4) is 0 Å². The molecule has 18 heavy (non-hydrogen) atoms. The SMILES string of the molecule is B(Cc1ccccc1)C1CNCc2ccccc21. The normalized spacial score (nSPS) is 18.1. The molecule has 0 spiro atoms.